The fourth-order valence-corrected chi connectivity index (χ4v) is 2.91. The normalized spacial score (nSPS) is 15.2. The zero-order chi connectivity index (χ0) is 20.8. The molecule has 29 heavy (non-hydrogen) atoms. The number of ether oxygens (including phenoxy) is 2. The summed E-state index contributed by atoms with van der Waals surface area (Å²) >= 11 is 5.79. The Morgan fingerprint density at radius 3 is 2.72 bits per heavy atom. The first-order valence-corrected chi connectivity index (χ1v) is 9.61. The van der Waals surface area contributed by atoms with Gasteiger partial charge in [0.25, 0.3) is 0 Å². The lowest BCUT2D eigenvalue weighted by Crippen LogP contribution is -2.40. The highest BCUT2D eigenvalue weighted by molar-refractivity contribution is 6.31. The molecular weight excluding hydrogens is 403 g/mol. The summed E-state index contributed by atoms with van der Waals surface area (Å²) in [7, 11) is 0. The minimum Gasteiger partial charge on any atom is -0.474 e. The highest BCUT2D eigenvalue weighted by Crippen LogP contribution is 2.24. The summed E-state index contributed by atoms with van der Waals surface area (Å²) in [5.41, 5.74) is 0.597. The molecule has 2 aromatic rings. The van der Waals surface area contributed by atoms with E-state index in [1.54, 1.807) is 31.0 Å². The van der Waals surface area contributed by atoms with Crippen LogP contribution in [0.5, 0.6) is 5.88 Å². The van der Waals surface area contributed by atoms with Gasteiger partial charge in [-0.15, -0.1) is 5.06 Å². The van der Waals surface area contributed by atoms with Crippen LogP contribution in [-0.2, 0) is 9.57 Å². The van der Waals surface area contributed by atoms with Crippen molar-refractivity contribution < 1.29 is 23.5 Å². The van der Waals surface area contributed by atoms with Crippen molar-refractivity contribution in [2.45, 2.75) is 38.9 Å². The Kier molecular flexibility index (Phi) is 7.05. The summed E-state index contributed by atoms with van der Waals surface area (Å²) in [5.74, 6) is 0.417. The number of hydrogen-bond acceptors (Lipinski definition) is 8. The molecule has 3 rings (SSSR count). The number of nitrogens with zero attached hydrogens (tertiary/aromatic N) is 3. The lowest BCUT2D eigenvalue weighted by Gasteiger charge is -2.30. The smallest absolute Gasteiger partial charge is 0.474 e. The minimum atomic E-state index is -0.702. The first kappa shape index (κ1) is 21.1. The van der Waals surface area contributed by atoms with E-state index >= 15 is 0 Å². The third-order valence-electron chi connectivity index (χ3n) is 4.06. The van der Waals surface area contributed by atoms with E-state index in [0.717, 1.165) is 0 Å². The molecule has 156 valence electrons. The van der Waals surface area contributed by atoms with Crippen molar-refractivity contribution in [1.82, 2.24) is 15.0 Å². The number of anilines is 2. The topological polar surface area (TPSA) is 85.8 Å². The van der Waals surface area contributed by atoms with Crippen LogP contribution in [0.4, 0.5) is 20.7 Å². The Labute approximate surface area is 172 Å². The molecule has 1 N–H and O–H groups in total. The second kappa shape index (κ2) is 9.71. The van der Waals surface area contributed by atoms with E-state index in [2.05, 4.69) is 15.3 Å². The van der Waals surface area contributed by atoms with Crippen molar-refractivity contribution in [3.63, 3.8) is 0 Å². The van der Waals surface area contributed by atoms with Crippen LogP contribution in [-0.4, -0.2) is 46.5 Å². The number of piperidine rings is 1. The fraction of sp³-hybridized carbons (Fsp3) is 0.421. The van der Waals surface area contributed by atoms with Gasteiger partial charge >= 0.3 is 6.16 Å². The first-order valence-electron chi connectivity index (χ1n) is 9.23. The third-order valence-corrected chi connectivity index (χ3v) is 4.35. The van der Waals surface area contributed by atoms with Crippen molar-refractivity contribution in [2.24, 2.45) is 0 Å². The van der Waals surface area contributed by atoms with E-state index in [0.29, 0.717) is 43.3 Å². The number of halogens is 2. The molecule has 1 aromatic heterocycles. The zero-order valence-electron chi connectivity index (χ0n) is 16.1. The van der Waals surface area contributed by atoms with Crippen LogP contribution in [0.1, 0.15) is 26.7 Å². The van der Waals surface area contributed by atoms with Gasteiger partial charge in [0.2, 0.25) is 5.88 Å². The van der Waals surface area contributed by atoms with Crippen LogP contribution in [0.2, 0.25) is 5.02 Å². The maximum absolute atomic E-state index is 13.3. The van der Waals surface area contributed by atoms with Gasteiger partial charge in [-0.05, 0) is 32.0 Å². The van der Waals surface area contributed by atoms with Gasteiger partial charge in [0.05, 0.1) is 11.1 Å². The van der Waals surface area contributed by atoms with Crippen LogP contribution >= 0.6 is 11.6 Å². The molecule has 0 atom stereocenters. The van der Waals surface area contributed by atoms with Crippen molar-refractivity contribution in [3.05, 3.63) is 41.4 Å². The van der Waals surface area contributed by atoms with E-state index in [-0.39, 0.29) is 17.2 Å². The average Bonchev–Trinajstić information content (AvgIpc) is 2.66. The van der Waals surface area contributed by atoms with Crippen LogP contribution in [0, 0.1) is 5.82 Å². The SMILES string of the molecule is CC(C)OC(=O)ON1CCC(Oc2cc(Nc3ccc(F)c(Cl)c3)ncn2)CC1. The second-order valence-corrected chi connectivity index (χ2v) is 7.16. The largest absolute Gasteiger partial charge is 0.528 e. The maximum atomic E-state index is 13.3. The Morgan fingerprint density at radius 1 is 1.28 bits per heavy atom. The number of hydroxylamine groups is 2. The van der Waals surface area contributed by atoms with Crippen molar-refractivity contribution in [1.29, 1.82) is 0 Å². The van der Waals surface area contributed by atoms with E-state index < -0.39 is 12.0 Å². The molecule has 2 heterocycles. The predicted octanol–water partition coefficient (Wildman–Crippen LogP) is 4.33. The van der Waals surface area contributed by atoms with E-state index in [4.69, 9.17) is 25.9 Å². The summed E-state index contributed by atoms with van der Waals surface area (Å²) in [6, 6.07) is 5.96. The number of carbonyl (C=O) groups is 1. The molecule has 1 aliphatic rings. The summed E-state index contributed by atoms with van der Waals surface area (Å²) in [6.45, 7) is 4.58. The van der Waals surface area contributed by atoms with Gasteiger partial charge in [-0.2, -0.15) is 0 Å². The van der Waals surface area contributed by atoms with Crippen molar-refractivity contribution >= 4 is 29.3 Å². The standard InChI is InChI=1S/C19H22ClFN4O4/c1-12(2)27-19(26)29-25-7-5-14(6-8-25)28-18-10-17(22-11-23-18)24-13-3-4-16(21)15(20)9-13/h3-4,9-12,14H,5-8H2,1-2H3,(H,22,23,24). The van der Waals surface area contributed by atoms with Gasteiger partial charge in [0, 0.05) is 37.7 Å². The number of carbonyl (C=O) groups excluding carboxylic acids is 1. The van der Waals surface area contributed by atoms with Gasteiger partial charge in [0.15, 0.2) is 0 Å². The number of aromatic nitrogens is 2. The number of hydrogen-bond donors (Lipinski definition) is 1. The summed E-state index contributed by atoms with van der Waals surface area (Å²) in [4.78, 5) is 25.0. The Bertz CT molecular complexity index is 847. The van der Waals surface area contributed by atoms with Crippen molar-refractivity contribution in [3.8, 4) is 5.88 Å². The molecule has 0 radical (unpaired) electrons. The van der Waals surface area contributed by atoms with Crippen LogP contribution in [0.15, 0.2) is 30.6 Å². The molecule has 1 aromatic carbocycles. The van der Waals surface area contributed by atoms with Gasteiger partial charge < -0.3 is 19.6 Å². The molecule has 0 bridgehead atoms. The number of benzene rings is 1. The molecule has 8 nitrogen and oxygen atoms in total. The summed E-state index contributed by atoms with van der Waals surface area (Å²) in [6.07, 6.45) is 1.70. The average molecular weight is 425 g/mol. The monoisotopic (exact) mass is 424 g/mol. The Morgan fingerprint density at radius 2 is 2.03 bits per heavy atom. The Balaban J connectivity index is 1.50. The molecule has 0 unspecified atom stereocenters. The molecule has 0 spiro atoms. The lowest BCUT2D eigenvalue weighted by molar-refractivity contribution is -0.151. The van der Waals surface area contributed by atoms with Gasteiger partial charge in [-0.3, -0.25) is 0 Å². The summed E-state index contributed by atoms with van der Waals surface area (Å²) < 4.78 is 24.2. The first-order chi connectivity index (χ1) is 13.9. The molecule has 0 amide bonds. The quantitative estimate of drug-likeness (QED) is 0.685. The third kappa shape index (κ3) is 6.43. The van der Waals surface area contributed by atoms with Crippen LogP contribution in [0.25, 0.3) is 0 Å². The van der Waals surface area contributed by atoms with Gasteiger partial charge in [-0.1, -0.05) is 11.6 Å². The van der Waals surface area contributed by atoms with E-state index in [9.17, 15) is 9.18 Å². The molecule has 0 aliphatic carbocycles. The Hall–Kier alpha value is -2.65. The lowest BCUT2D eigenvalue weighted by atomic mass is 10.1. The highest BCUT2D eigenvalue weighted by Gasteiger charge is 2.24. The van der Waals surface area contributed by atoms with E-state index in [1.165, 1.54) is 18.5 Å². The molecule has 1 fully saturated rings. The maximum Gasteiger partial charge on any atom is 0.528 e. The minimum absolute atomic E-state index is 0.0202. The molecule has 0 saturated carbocycles. The molecule has 1 saturated heterocycles. The molecule has 1 aliphatic heterocycles. The number of nitrogens with one attached hydrogen (secondary N) is 1. The highest BCUT2D eigenvalue weighted by atomic mass is 35.5. The summed E-state index contributed by atoms with van der Waals surface area (Å²) in [5, 5.41) is 4.62. The van der Waals surface area contributed by atoms with E-state index in [1.807, 2.05) is 0 Å². The molecular formula is C19H22ClFN4O4. The number of rotatable bonds is 6. The zero-order valence-corrected chi connectivity index (χ0v) is 16.9. The van der Waals surface area contributed by atoms with Crippen molar-refractivity contribution in [2.75, 3.05) is 18.4 Å². The second-order valence-electron chi connectivity index (χ2n) is 6.75. The van der Waals surface area contributed by atoms with Crippen LogP contribution < -0.4 is 10.1 Å². The van der Waals surface area contributed by atoms with Gasteiger partial charge in [0.1, 0.15) is 24.1 Å². The molecule has 10 heteroatoms. The van der Waals surface area contributed by atoms with Gasteiger partial charge in [-0.25, -0.2) is 19.2 Å². The predicted molar refractivity (Wildman–Crippen MR) is 105 cm³/mol. The fourth-order valence-electron chi connectivity index (χ4n) is 2.73. The van der Waals surface area contributed by atoms with Crippen LogP contribution in [0.3, 0.4) is 0 Å².